The molecule has 0 bridgehead atoms. The summed E-state index contributed by atoms with van der Waals surface area (Å²) >= 11 is 12.1. The average Bonchev–Trinajstić information content (AvgIpc) is 3.17. The molecule has 4 rings (SSSR count). The van der Waals surface area contributed by atoms with Crippen LogP contribution in [0.2, 0.25) is 10.0 Å². The summed E-state index contributed by atoms with van der Waals surface area (Å²) in [5.41, 5.74) is 2.70. The van der Waals surface area contributed by atoms with Gasteiger partial charge in [-0.1, -0.05) is 65.7 Å². The Labute approximate surface area is 201 Å². The second-order valence-electron chi connectivity index (χ2n) is 7.05. The fourth-order valence-corrected chi connectivity index (χ4v) is 3.54. The zero-order valence-electron chi connectivity index (χ0n) is 17.6. The lowest BCUT2D eigenvalue weighted by Crippen LogP contribution is -2.01. The van der Waals surface area contributed by atoms with Crippen molar-refractivity contribution in [2.45, 2.75) is 6.61 Å². The number of carbonyl (C=O) groups is 1. The number of benzene rings is 3. The molecule has 0 atom stereocenters. The van der Waals surface area contributed by atoms with Gasteiger partial charge in [-0.2, -0.15) is 0 Å². The second kappa shape index (κ2) is 10.4. The Bertz CT molecular complexity index is 1270. The molecular weight excluding hydrogens is 461 g/mol. The van der Waals surface area contributed by atoms with Gasteiger partial charge < -0.3 is 14.2 Å². The number of halogens is 2. The summed E-state index contributed by atoms with van der Waals surface area (Å²) < 4.78 is 16.6. The van der Waals surface area contributed by atoms with E-state index in [4.69, 9.17) is 37.4 Å². The van der Waals surface area contributed by atoms with Gasteiger partial charge in [0.25, 0.3) is 0 Å². The quantitative estimate of drug-likeness (QED) is 0.283. The van der Waals surface area contributed by atoms with Gasteiger partial charge in [0, 0.05) is 21.7 Å². The van der Waals surface area contributed by atoms with E-state index in [-0.39, 0.29) is 18.2 Å². The van der Waals surface area contributed by atoms with E-state index >= 15 is 0 Å². The molecule has 0 aromatic heterocycles. The Morgan fingerprint density at radius 1 is 0.939 bits per heavy atom. The third-order valence-corrected chi connectivity index (χ3v) is 5.33. The minimum absolute atomic E-state index is 0.200. The van der Waals surface area contributed by atoms with Crippen molar-refractivity contribution in [2.24, 2.45) is 4.99 Å². The molecule has 0 fully saturated rings. The molecule has 1 aliphatic rings. The van der Waals surface area contributed by atoms with E-state index in [1.54, 1.807) is 49.6 Å². The highest BCUT2D eigenvalue weighted by molar-refractivity contribution is 6.35. The van der Waals surface area contributed by atoms with Crippen LogP contribution in [0.15, 0.2) is 83.5 Å². The van der Waals surface area contributed by atoms with Gasteiger partial charge in [-0.25, -0.2) is 9.79 Å². The Hall–Kier alpha value is -3.54. The Morgan fingerprint density at radius 2 is 1.76 bits per heavy atom. The number of aliphatic imine (C=N–C) groups is 1. The topological polar surface area (TPSA) is 57.1 Å². The van der Waals surface area contributed by atoms with Crippen molar-refractivity contribution >= 4 is 47.2 Å². The minimum atomic E-state index is -0.514. The predicted molar refractivity (Wildman–Crippen MR) is 131 cm³/mol. The van der Waals surface area contributed by atoms with Crippen molar-refractivity contribution in [3.63, 3.8) is 0 Å². The van der Waals surface area contributed by atoms with Crippen LogP contribution < -0.4 is 9.47 Å². The maximum Gasteiger partial charge on any atom is 0.363 e. The maximum absolute atomic E-state index is 12.2. The van der Waals surface area contributed by atoms with Gasteiger partial charge >= 0.3 is 5.97 Å². The first-order valence-corrected chi connectivity index (χ1v) is 10.8. The molecule has 0 saturated heterocycles. The van der Waals surface area contributed by atoms with E-state index < -0.39 is 5.97 Å². The molecular formula is C26H19Cl2NO4. The zero-order valence-corrected chi connectivity index (χ0v) is 19.1. The molecule has 3 aromatic carbocycles. The number of carbonyl (C=O) groups excluding carboxylic acids is 1. The van der Waals surface area contributed by atoms with Crippen LogP contribution >= 0.6 is 23.2 Å². The summed E-state index contributed by atoms with van der Waals surface area (Å²) in [4.78, 5) is 16.5. The summed E-state index contributed by atoms with van der Waals surface area (Å²) in [5, 5.41) is 1.09. The molecule has 1 aliphatic heterocycles. The Morgan fingerprint density at radius 3 is 2.52 bits per heavy atom. The highest BCUT2D eigenvalue weighted by Gasteiger charge is 2.21. The van der Waals surface area contributed by atoms with Gasteiger partial charge in [0.15, 0.2) is 17.2 Å². The van der Waals surface area contributed by atoms with E-state index in [1.807, 2.05) is 42.5 Å². The van der Waals surface area contributed by atoms with E-state index in [1.165, 1.54) is 0 Å². The van der Waals surface area contributed by atoms with Gasteiger partial charge in [-0.05, 0) is 47.5 Å². The smallest absolute Gasteiger partial charge is 0.363 e. The number of hydrogen-bond acceptors (Lipinski definition) is 5. The van der Waals surface area contributed by atoms with Gasteiger partial charge in [-0.3, -0.25) is 0 Å². The molecule has 33 heavy (non-hydrogen) atoms. The van der Waals surface area contributed by atoms with Crippen LogP contribution in [-0.4, -0.2) is 19.0 Å². The van der Waals surface area contributed by atoms with Crippen LogP contribution in [0.3, 0.4) is 0 Å². The molecule has 0 amide bonds. The lowest BCUT2D eigenvalue weighted by molar-refractivity contribution is -0.129. The molecule has 166 valence electrons. The maximum atomic E-state index is 12.2. The standard InChI is InChI=1S/C26H19Cl2NO4/c1-31-24-14-18(7-11-23(24)32-16-19-9-10-20(27)15-21(19)28)13-22-26(30)33-25(29-22)12-8-17-5-3-2-4-6-17/h2-15H,16H2,1H3. The van der Waals surface area contributed by atoms with Crippen LogP contribution in [0.25, 0.3) is 12.2 Å². The van der Waals surface area contributed by atoms with E-state index in [9.17, 15) is 4.79 Å². The first kappa shape index (κ1) is 22.6. The summed E-state index contributed by atoms with van der Waals surface area (Å²) in [6.07, 6.45) is 5.12. The first-order chi connectivity index (χ1) is 16.0. The molecule has 1 heterocycles. The van der Waals surface area contributed by atoms with Crippen LogP contribution in [0.5, 0.6) is 11.5 Å². The average molecular weight is 480 g/mol. The lowest BCUT2D eigenvalue weighted by atomic mass is 10.1. The lowest BCUT2D eigenvalue weighted by Gasteiger charge is -2.12. The highest BCUT2D eigenvalue weighted by Crippen LogP contribution is 2.31. The van der Waals surface area contributed by atoms with Crippen LogP contribution in [0.4, 0.5) is 0 Å². The van der Waals surface area contributed by atoms with Crippen molar-refractivity contribution in [1.82, 2.24) is 0 Å². The van der Waals surface area contributed by atoms with Crippen molar-refractivity contribution in [3.05, 3.63) is 105 Å². The summed E-state index contributed by atoms with van der Waals surface area (Å²) in [5.74, 6) is 0.768. The van der Waals surface area contributed by atoms with E-state index in [2.05, 4.69) is 4.99 Å². The Balaban J connectivity index is 1.49. The highest BCUT2D eigenvalue weighted by atomic mass is 35.5. The number of methoxy groups -OCH3 is 1. The first-order valence-electron chi connectivity index (χ1n) is 10.0. The van der Waals surface area contributed by atoms with E-state index in [0.717, 1.165) is 11.1 Å². The van der Waals surface area contributed by atoms with Crippen molar-refractivity contribution in [3.8, 4) is 11.5 Å². The summed E-state index contributed by atoms with van der Waals surface area (Å²) in [6, 6.07) is 20.2. The predicted octanol–water partition coefficient (Wildman–Crippen LogP) is 6.59. The third kappa shape index (κ3) is 5.83. The summed E-state index contributed by atoms with van der Waals surface area (Å²) in [7, 11) is 1.54. The number of hydrogen-bond donors (Lipinski definition) is 0. The van der Waals surface area contributed by atoms with Crippen LogP contribution in [-0.2, 0) is 16.1 Å². The van der Waals surface area contributed by atoms with Gasteiger partial charge in [0.05, 0.1) is 7.11 Å². The minimum Gasteiger partial charge on any atom is -0.493 e. The number of esters is 1. The molecule has 0 N–H and O–H groups in total. The summed E-state index contributed by atoms with van der Waals surface area (Å²) in [6.45, 7) is 0.251. The molecule has 0 radical (unpaired) electrons. The molecule has 0 saturated carbocycles. The molecule has 7 heteroatoms. The molecule has 0 unspecified atom stereocenters. The zero-order chi connectivity index (χ0) is 23.2. The van der Waals surface area contributed by atoms with Gasteiger partial charge in [-0.15, -0.1) is 0 Å². The fraction of sp³-hybridized carbons (Fsp3) is 0.0769. The van der Waals surface area contributed by atoms with Crippen LogP contribution in [0.1, 0.15) is 16.7 Å². The van der Waals surface area contributed by atoms with Crippen molar-refractivity contribution < 1.29 is 19.0 Å². The SMILES string of the molecule is COc1cc(C=C2N=C(C=Cc3ccccc3)OC2=O)ccc1OCc1ccc(Cl)cc1Cl. The molecule has 0 spiro atoms. The van der Waals surface area contributed by atoms with E-state index in [0.29, 0.717) is 27.1 Å². The van der Waals surface area contributed by atoms with Crippen molar-refractivity contribution in [2.75, 3.05) is 7.11 Å². The number of nitrogens with zero attached hydrogens (tertiary/aromatic N) is 1. The monoisotopic (exact) mass is 479 g/mol. The van der Waals surface area contributed by atoms with Crippen LogP contribution in [0, 0.1) is 0 Å². The fourth-order valence-electron chi connectivity index (χ4n) is 3.07. The molecule has 5 nitrogen and oxygen atoms in total. The van der Waals surface area contributed by atoms with Crippen molar-refractivity contribution in [1.29, 1.82) is 0 Å². The van der Waals surface area contributed by atoms with Gasteiger partial charge in [0.2, 0.25) is 5.90 Å². The third-order valence-electron chi connectivity index (χ3n) is 4.74. The number of rotatable bonds is 7. The molecule has 0 aliphatic carbocycles. The number of cyclic esters (lactones) is 1. The normalized spacial score (nSPS) is 14.5. The van der Waals surface area contributed by atoms with Gasteiger partial charge in [0.1, 0.15) is 6.61 Å². The second-order valence-corrected chi connectivity index (χ2v) is 7.89. The molecule has 3 aromatic rings. The Kier molecular flexibility index (Phi) is 7.13. The largest absolute Gasteiger partial charge is 0.493 e. The number of ether oxygens (including phenoxy) is 3.